The zero-order valence-electron chi connectivity index (χ0n) is 9.91. The summed E-state index contributed by atoms with van der Waals surface area (Å²) < 4.78 is 40.5. The second kappa shape index (κ2) is 5.43. The summed E-state index contributed by atoms with van der Waals surface area (Å²) in [6.45, 7) is 0. The number of rotatable bonds is 2. The van der Waals surface area contributed by atoms with Gasteiger partial charge in [0.25, 0.3) is 0 Å². The highest BCUT2D eigenvalue weighted by Crippen LogP contribution is 2.31. The summed E-state index contributed by atoms with van der Waals surface area (Å²) in [5, 5.41) is 9.51. The zero-order chi connectivity index (χ0) is 14.8. The molecule has 0 aliphatic rings. The van der Waals surface area contributed by atoms with Gasteiger partial charge in [-0.2, -0.15) is 5.26 Å². The highest BCUT2D eigenvalue weighted by Gasteiger charge is 2.31. The molecule has 0 saturated heterocycles. The normalized spacial score (nSPS) is 10.9. The van der Waals surface area contributed by atoms with Crippen molar-refractivity contribution in [2.75, 3.05) is 0 Å². The Hall–Kier alpha value is -2.19. The minimum atomic E-state index is -4.77. The maximum atomic E-state index is 12.2. The van der Waals surface area contributed by atoms with Crippen LogP contribution < -0.4 is 4.74 Å². The van der Waals surface area contributed by atoms with Gasteiger partial charge in [0.05, 0.1) is 11.6 Å². The van der Waals surface area contributed by atoms with Crippen molar-refractivity contribution in [3.63, 3.8) is 0 Å². The quantitative estimate of drug-likeness (QED) is 0.799. The lowest BCUT2D eigenvalue weighted by atomic mass is 10.0. The second-order valence-electron chi connectivity index (χ2n) is 3.87. The van der Waals surface area contributed by atoms with Crippen molar-refractivity contribution in [1.82, 2.24) is 0 Å². The summed E-state index contributed by atoms with van der Waals surface area (Å²) in [7, 11) is 0. The first kappa shape index (κ1) is 14.2. The van der Waals surface area contributed by atoms with E-state index in [0.717, 1.165) is 6.07 Å². The first-order valence-corrected chi connectivity index (χ1v) is 5.83. The fourth-order valence-corrected chi connectivity index (χ4v) is 1.81. The molecule has 2 aromatic rings. The smallest absolute Gasteiger partial charge is 0.406 e. The molecule has 0 N–H and O–H groups in total. The largest absolute Gasteiger partial charge is 0.573 e. The van der Waals surface area contributed by atoms with Crippen molar-refractivity contribution in [3.8, 4) is 22.9 Å². The molecule has 6 heteroatoms. The van der Waals surface area contributed by atoms with Crippen LogP contribution in [0, 0.1) is 11.3 Å². The summed E-state index contributed by atoms with van der Waals surface area (Å²) in [5.74, 6) is -0.374. The van der Waals surface area contributed by atoms with E-state index in [1.165, 1.54) is 12.1 Å². The van der Waals surface area contributed by atoms with Crippen LogP contribution in [0.4, 0.5) is 13.2 Å². The van der Waals surface area contributed by atoms with Crippen LogP contribution >= 0.6 is 11.6 Å². The summed E-state index contributed by atoms with van der Waals surface area (Å²) in [6, 6.07) is 11.9. The number of hydrogen-bond donors (Lipinski definition) is 0. The van der Waals surface area contributed by atoms with E-state index in [4.69, 9.17) is 16.9 Å². The van der Waals surface area contributed by atoms with Gasteiger partial charge in [0.2, 0.25) is 0 Å². The van der Waals surface area contributed by atoms with E-state index in [1.54, 1.807) is 24.3 Å². The Morgan fingerprint density at radius 3 is 2.25 bits per heavy atom. The molecule has 0 spiro atoms. The highest BCUT2D eigenvalue weighted by molar-refractivity contribution is 6.30. The third-order valence-electron chi connectivity index (χ3n) is 2.50. The van der Waals surface area contributed by atoms with Gasteiger partial charge in [0.15, 0.2) is 0 Å². The van der Waals surface area contributed by atoms with Gasteiger partial charge in [0.1, 0.15) is 5.75 Å². The Morgan fingerprint density at radius 2 is 1.70 bits per heavy atom. The molecule has 0 aliphatic carbocycles. The van der Waals surface area contributed by atoms with E-state index in [2.05, 4.69) is 4.74 Å². The van der Waals surface area contributed by atoms with Crippen molar-refractivity contribution in [3.05, 3.63) is 53.1 Å². The van der Waals surface area contributed by atoms with Crippen LogP contribution in [0.5, 0.6) is 5.75 Å². The summed E-state index contributed by atoms with van der Waals surface area (Å²) in [6.07, 6.45) is -4.77. The SMILES string of the molecule is N#Cc1ccc(OC(F)(F)F)cc1-c1ccc(Cl)cc1. The van der Waals surface area contributed by atoms with E-state index in [9.17, 15) is 13.2 Å². The van der Waals surface area contributed by atoms with Gasteiger partial charge < -0.3 is 4.74 Å². The molecule has 20 heavy (non-hydrogen) atoms. The number of halogens is 4. The number of nitrogens with zero attached hydrogens (tertiary/aromatic N) is 1. The molecule has 2 nitrogen and oxygen atoms in total. The van der Waals surface area contributed by atoms with Crippen LogP contribution in [0.1, 0.15) is 5.56 Å². The Labute approximate surface area is 118 Å². The highest BCUT2D eigenvalue weighted by atomic mass is 35.5. The Kier molecular flexibility index (Phi) is 3.86. The van der Waals surface area contributed by atoms with Gasteiger partial charge >= 0.3 is 6.36 Å². The van der Waals surface area contributed by atoms with Gasteiger partial charge in [-0.3, -0.25) is 0 Å². The molecular formula is C14H7ClF3NO. The van der Waals surface area contributed by atoms with Crippen molar-refractivity contribution in [2.24, 2.45) is 0 Å². The summed E-state index contributed by atoms with van der Waals surface area (Å²) in [4.78, 5) is 0. The van der Waals surface area contributed by atoms with E-state index in [-0.39, 0.29) is 11.3 Å². The molecule has 0 heterocycles. The maximum absolute atomic E-state index is 12.2. The van der Waals surface area contributed by atoms with Crippen LogP contribution in [0.2, 0.25) is 5.02 Å². The molecule has 0 aliphatic heterocycles. The van der Waals surface area contributed by atoms with Crippen molar-refractivity contribution < 1.29 is 17.9 Å². The predicted molar refractivity (Wildman–Crippen MR) is 68.3 cm³/mol. The molecule has 2 rings (SSSR count). The number of alkyl halides is 3. The molecule has 0 atom stereocenters. The zero-order valence-corrected chi connectivity index (χ0v) is 10.7. The topological polar surface area (TPSA) is 33.0 Å². The first-order valence-electron chi connectivity index (χ1n) is 5.45. The Morgan fingerprint density at radius 1 is 1.05 bits per heavy atom. The van der Waals surface area contributed by atoms with Crippen LogP contribution in [-0.2, 0) is 0 Å². The fraction of sp³-hybridized carbons (Fsp3) is 0.0714. The molecule has 0 amide bonds. The number of ether oxygens (including phenoxy) is 1. The molecule has 0 unspecified atom stereocenters. The average Bonchev–Trinajstić information content (AvgIpc) is 2.38. The van der Waals surface area contributed by atoms with E-state index < -0.39 is 6.36 Å². The van der Waals surface area contributed by atoms with E-state index in [0.29, 0.717) is 16.1 Å². The molecule has 0 fully saturated rings. The predicted octanol–water partition coefficient (Wildman–Crippen LogP) is 4.78. The molecule has 102 valence electrons. The van der Waals surface area contributed by atoms with E-state index in [1.807, 2.05) is 6.07 Å². The fourth-order valence-electron chi connectivity index (χ4n) is 1.69. The number of hydrogen-bond acceptors (Lipinski definition) is 2. The lowest BCUT2D eigenvalue weighted by Gasteiger charge is -2.11. The second-order valence-corrected chi connectivity index (χ2v) is 4.31. The van der Waals surface area contributed by atoms with Gasteiger partial charge in [-0.15, -0.1) is 13.2 Å². The van der Waals surface area contributed by atoms with E-state index >= 15 is 0 Å². The average molecular weight is 298 g/mol. The standard InChI is InChI=1S/C14H7ClF3NO/c15-11-4-1-9(2-5-11)13-7-12(20-14(16,17)18)6-3-10(13)8-19/h1-7H. The number of nitriles is 1. The lowest BCUT2D eigenvalue weighted by molar-refractivity contribution is -0.274. The van der Waals surface area contributed by atoms with Gasteiger partial charge in [-0.1, -0.05) is 23.7 Å². The van der Waals surface area contributed by atoms with Crippen molar-refractivity contribution >= 4 is 11.6 Å². The first-order chi connectivity index (χ1) is 9.39. The summed E-state index contributed by atoms with van der Waals surface area (Å²) >= 11 is 5.75. The third kappa shape index (κ3) is 3.43. The molecule has 0 aromatic heterocycles. The molecule has 0 bridgehead atoms. The van der Waals surface area contributed by atoms with Crippen LogP contribution in [-0.4, -0.2) is 6.36 Å². The molecule has 0 saturated carbocycles. The van der Waals surface area contributed by atoms with Gasteiger partial charge in [-0.05, 0) is 35.9 Å². The molecule has 2 aromatic carbocycles. The minimum absolute atomic E-state index is 0.252. The van der Waals surface area contributed by atoms with Gasteiger partial charge in [0, 0.05) is 10.6 Å². The molecular weight excluding hydrogens is 291 g/mol. The Bertz CT molecular complexity index is 660. The van der Waals surface area contributed by atoms with Crippen molar-refractivity contribution in [2.45, 2.75) is 6.36 Å². The lowest BCUT2D eigenvalue weighted by Crippen LogP contribution is -2.17. The summed E-state index contributed by atoms with van der Waals surface area (Å²) in [5.41, 5.74) is 1.19. The van der Waals surface area contributed by atoms with Crippen LogP contribution in [0.25, 0.3) is 11.1 Å². The maximum Gasteiger partial charge on any atom is 0.573 e. The monoisotopic (exact) mass is 297 g/mol. The molecule has 0 radical (unpaired) electrons. The number of benzene rings is 2. The Balaban J connectivity index is 2.47. The van der Waals surface area contributed by atoms with Gasteiger partial charge in [-0.25, -0.2) is 0 Å². The minimum Gasteiger partial charge on any atom is -0.406 e. The van der Waals surface area contributed by atoms with Crippen LogP contribution in [0.15, 0.2) is 42.5 Å². The van der Waals surface area contributed by atoms with Crippen LogP contribution in [0.3, 0.4) is 0 Å². The third-order valence-corrected chi connectivity index (χ3v) is 2.75. The van der Waals surface area contributed by atoms with Crippen molar-refractivity contribution in [1.29, 1.82) is 5.26 Å².